The first kappa shape index (κ1) is 13.5. The molecule has 0 spiro atoms. The Hall–Kier alpha value is -1.91. The molecule has 102 valence electrons. The summed E-state index contributed by atoms with van der Waals surface area (Å²) in [5.41, 5.74) is -0.364. The summed E-state index contributed by atoms with van der Waals surface area (Å²) in [5.74, 6) is 0.856. The second-order valence-electron chi connectivity index (χ2n) is 4.37. The maximum atomic E-state index is 11.6. The van der Waals surface area contributed by atoms with E-state index in [0.29, 0.717) is 18.2 Å². The largest absolute Gasteiger partial charge is 0.379 e. The molecule has 1 aliphatic heterocycles. The highest BCUT2D eigenvalue weighted by molar-refractivity contribution is 5.50. The molecule has 0 radical (unpaired) electrons. The maximum absolute atomic E-state index is 11.6. The van der Waals surface area contributed by atoms with Crippen LogP contribution in [0.4, 0.5) is 5.82 Å². The van der Waals surface area contributed by atoms with Crippen LogP contribution in [-0.4, -0.2) is 54.3 Å². The lowest BCUT2D eigenvalue weighted by Gasteiger charge is -2.26. The first-order valence-corrected chi connectivity index (χ1v) is 6.25. The Labute approximate surface area is 111 Å². The Morgan fingerprint density at radius 2 is 2.26 bits per heavy atom. The van der Waals surface area contributed by atoms with Crippen molar-refractivity contribution in [2.45, 2.75) is 6.92 Å². The number of H-pyrrole nitrogens is 1. The summed E-state index contributed by atoms with van der Waals surface area (Å²) < 4.78 is 5.27. The Morgan fingerprint density at radius 1 is 1.53 bits per heavy atom. The first-order valence-electron chi connectivity index (χ1n) is 6.25. The fourth-order valence-corrected chi connectivity index (χ4v) is 1.97. The monoisotopic (exact) mass is 263 g/mol. The lowest BCUT2D eigenvalue weighted by Crippen LogP contribution is -2.39. The molecular weight excluding hydrogens is 246 g/mol. The van der Waals surface area contributed by atoms with E-state index in [-0.39, 0.29) is 5.56 Å². The van der Waals surface area contributed by atoms with E-state index in [1.807, 2.05) is 6.07 Å². The molecule has 1 aromatic rings. The summed E-state index contributed by atoms with van der Waals surface area (Å²) >= 11 is 0. The summed E-state index contributed by atoms with van der Waals surface area (Å²) in [6.07, 6.45) is 0. The highest BCUT2D eigenvalue weighted by atomic mass is 16.5. The average molecular weight is 263 g/mol. The van der Waals surface area contributed by atoms with Crippen molar-refractivity contribution in [3.05, 3.63) is 21.7 Å². The zero-order valence-electron chi connectivity index (χ0n) is 10.9. The standard InChI is InChI=1S/C12H17N5O2/c1-9-15-11(10(8-13)12(18)16-9)14-2-3-17-4-6-19-7-5-17/h2-7H2,1H3,(H2,14,15,16,18). The maximum Gasteiger partial charge on any atom is 0.271 e. The lowest BCUT2D eigenvalue weighted by atomic mass is 10.3. The molecule has 2 N–H and O–H groups in total. The third kappa shape index (κ3) is 3.53. The van der Waals surface area contributed by atoms with Crippen LogP contribution in [0.1, 0.15) is 11.4 Å². The third-order valence-electron chi connectivity index (χ3n) is 2.97. The second-order valence-corrected chi connectivity index (χ2v) is 4.37. The second kappa shape index (κ2) is 6.31. The van der Waals surface area contributed by atoms with E-state index in [1.165, 1.54) is 0 Å². The quantitative estimate of drug-likeness (QED) is 0.774. The Bertz CT molecular complexity index is 528. The zero-order valence-corrected chi connectivity index (χ0v) is 10.9. The molecule has 0 amide bonds. The number of hydrogen-bond donors (Lipinski definition) is 2. The Balaban J connectivity index is 1.95. The average Bonchev–Trinajstić information content (AvgIpc) is 2.39. The molecule has 0 saturated carbocycles. The Kier molecular flexibility index (Phi) is 4.49. The van der Waals surface area contributed by atoms with Crippen LogP contribution in [0.5, 0.6) is 0 Å². The number of aryl methyl sites for hydroxylation is 1. The van der Waals surface area contributed by atoms with Gasteiger partial charge in [0.2, 0.25) is 0 Å². The van der Waals surface area contributed by atoms with Crippen LogP contribution in [0.3, 0.4) is 0 Å². The number of aromatic amines is 1. The number of nitrogens with one attached hydrogen (secondary N) is 2. The van der Waals surface area contributed by atoms with Gasteiger partial charge in [0.15, 0.2) is 11.4 Å². The van der Waals surface area contributed by atoms with Crippen molar-refractivity contribution in [1.29, 1.82) is 5.26 Å². The molecule has 1 aromatic heterocycles. The van der Waals surface area contributed by atoms with Crippen LogP contribution in [0, 0.1) is 18.3 Å². The van der Waals surface area contributed by atoms with Gasteiger partial charge in [0.05, 0.1) is 13.2 Å². The van der Waals surface area contributed by atoms with Gasteiger partial charge in [-0.1, -0.05) is 0 Å². The topological polar surface area (TPSA) is 94.0 Å². The number of hydrogen-bond acceptors (Lipinski definition) is 6. The van der Waals surface area contributed by atoms with Gasteiger partial charge in [0, 0.05) is 26.2 Å². The smallest absolute Gasteiger partial charge is 0.271 e. The van der Waals surface area contributed by atoms with E-state index in [9.17, 15) is 4.79 Å². The van der Waals surface area contributed by atoms with E-state index in [1.54, 1.807) is 6.92 Å². The molecule has 1 saturated heterocycles. The van der Waals surface area contributed by atoms with Crippen molar-refractivity contribution in [3.63, 3.8) is 0 Å². The predicted molar refractivity (Wildman–Crippen MR) is 70.1 cm³/mol. The minimum Gasteiger partial charge on any atom is -0.379 e. The molecule has 0 aromatic carbocycles. The summed E-state index contributed by atoms with van der Waals surface area (Å²) in [6, 6.07) is 1.88. The molecule has 7 nitrogen and oxygen atoms in total. The van der Waals surface area contributed by atoms with Crippen LogP contribution in [0.15, 0.2) is 4.79 Å². The van der Waals surface area contributed by atoms with E-state index in [0.717, 1.165) is 32.8 Å². The van der Waals surface area contributed by atoms with E-state index < -0.39 is 5.56 Å². The number of rotatable bonds is 4. The van der Waals surface area contributed by atoms with Gasteiger partial charge in [-0.3, -0.25) is 9.69 Å². The molecule has 1 fully saturated rings. The Morgan fingerprint density at radius 3 is 2.95 bits per heavy atom. The first-order chi connectivity index (χ1) is 9.20. The zero-order chi connectivity index (χ0) is 13.7. The molecule has 0 atom stereocenters. The number of nitrogens with zero attached hydrogens (tertiary/aromatic N) is 3. The number of morpholine rings is 1. The van der Waals surface area contributed by atoms with Gasteiger partial charge in [-0.15, -0.1) is 0 Å². The predicted octanol–water partition coefficient (Wildman–Crippen LogP) is -0.306. The molecule has 0 bridgehead atoms. The van der Waals surface area contributed by atoms with E-state index in [4.69, 9.17) is 10.00 Å². The number of anilines is 1. The van der Waals surface area contributed by atoms with Crippen LogP contribution < -0.4 is 10.9 Å². The minimum atomic E-state index is -0.399. The molecule has 19 heavy (non-hydrogen) atoms. The fraction of sp³-hybridized carbons (Fsp3) is 0.583. The molecule has 1 aliphatic rings. The molecule has 2 rings (SSSR count). The van der Waals surface area contributed by atoms with Gasteiger partial charge in [-0.2, -0.15) is 5.26 Å². The minimum absolute atomic E-state index is 0.0348. The van der Waals surface area contributed by atoms with Gasteiger partial charge in [-0.05, 0) is 6.92 Å². The lowest BCUT2D eigenvalue weighted by molar-refractivity contribution is 0.0398. The molecule has 2 heterocycles. The van der Waals surface area contributed by atoms with Crippen molar-refractivity contribution >= 4 is 5.82 Å². The van der Waals surface area contributed by atoms with Crippen molar-refractivity contribution in [2.24, 2.45) is 0 Å². The van der Waals surface area contributed by atoms with Crippen molar-refractivity contribution < 1.29 is 4.74 Å². The fourth-order valence-electron chi connectivity index (χ4n) is 1.97. The number of nitriles is 1. The van der Waals surface area contributed by atoms with Crippen molar-refractivity contribution in [2.75, 3.05) is 44.7 Å². The number of ether oxygens (including phenoxy) is 1. The van der Waals surface area contributed by atoms with Gasteiger partial charge >= 0.3 is 0 Å². The normalized spacial score (nSPS) is 16.0. The van der Waals surface area contributed by atoms with Crippen LogP contribution >= 0.6 is 0 Å². The van der Waals surface area contributed by atoms with Crippen LogP contribution in [0.2, 0.25) is 0 Å². The van der Waals surface area contributed by atoms with E-state index >= 15 is 0 Å². The third-order valence-corrected chi connectivity index (χ3v) is 2.97. The summed E-state index contributed by atoms with van der Waals surface area (Å²) in [4.78, 5) is 20.5. The van der Waals surface area contributed by atoms with Gasteiger partial charge < -0.3 is 15.0 Å². The van der Waals surface area contributed by atoms with Gasteiger partial charge in [0.25, 0.3) is 5.56 Å². The summed E-state index contributed by atoms with van der Waals surface area (Å²) in [7, 11) is 0. The van der Waals surface area contributed by atoms with Crippen LogP contribution in [-0.2, 0) is 4.74 Å². The van der Waals surface area contributed by atoms with E-state index in [2.05, 4.69) is 20.2 Å². The molecule has 0 unspecified atom stereocenters. The van der Waals surface area contributed by atoms with Gasteiger partial charge in [-0.25, -0.2) is 4.98 Å². The van der Waals surface area contributed by atoms with Crippen molar-refractivity contribution in [3.8, 4) is 6.07 Å². The van der Waals surface area contributed by atoms with Crippen LogP contribution in [0.25, 0.3) is 0 Å². The SMILES string of the molecule is Cc1nc(NCCN2CCOCC2)c(C#N)c(=O)[nH]1. The van der Waals surface area contributed by atoms with Crippen molar-refractivity contribution in [1.82, 2.24) is 14.9 Å². The molecular formula is C12H17N5O2. The highest BCUT2D eigenvalue weighted by Gasteiger charge is 2.12. The molecule has 7 heteroatoms. The number of aromatic nitrogens is 2. The summed E-state index contributed by atoms with van der Waals surface area (Å²) in [5, 5.41) is 12.0. The van der Waals surface area contributed by atoms with Gasteiger partial charge in [0.1, 0.15) is 11.9 Å². The molecule has 0 aliphatic carbocycles. The highest BCUT2D eigenvalue weighted by Crippen LogP contribution is 2.06. The summed E-state index contributed by atoms with van der Waals surface area (Å²) in [6.45, 7) is 6.50.